The van der Waals surface area contributed by atoms with Gasteiger partial charge >= 0.3 is 13.6 Å². The summed E-state index contributed by atoms with van der Waals surface area (Å²) in [7, 11) is -4.00. The summed E-state index contributed by atoms with van der Waals surface area (Å²) in [6.45, 7) is 3.54. The lowest BCUT2D eigenvalue weighted by molar-refractivity contribution is -0.144. The maximum absolute atomic E-state index is 13.9. The number of ether oxygens (including phenoxy) is 1. The van der Waals surface area contributed by atoms with Crippen LogP contribution in [0.25, 0.3) is 11.3 Å². The summed E-state index contributed by atoms with van der Waals surface area (Å²) < 4.78 is 30.5. The van der Waals surface area contributed by atoms with Gasteiger partial charge < -0.3 is 19.1 Å². The summed E-state index contributed by atoms with van der Waals surface area (Å²) in [6, 6.07) is 28.7. The van der Waals surface area contributed by atoms with E-state index in [1.165, 1.54) is 0 Å². The average molecular weight is 546 g/mol. The minimum absolute atomic E-state index is 0.00555. The maximum Gasteiger partial charge on any atom is 0.364 e. The second-order valence-electron chi connectivity index (χ2n) is 8.59. The number of hydrogen-bond acceptors (Lipinski definition) is 8. The number of benzene rings is 3. The highest BCUT2D eigenvalue weighted by Gasteiger charge is 2.43. The predicted octanol–water partition coefficient (Wildman–Crippen LogP) is 6.48. The molecule has 0 bridgehead atoms. The standard InChI is InChI=1S/C30H32N3O5P/c1-3-37-39(35,38-4-2)29(30(34)36-22-24-16-10-6-11-17-24)33-28-26(20-23-14-8-5-9-15-23)32-27(21-31-28)25-18-12-7-13-19-25/h5-19,21,29H,3-4,20,22H2,1-2H3,(H,31,33). The highest BCUT2D eigenvalue weighted by atomic mass is 31.2. The number of nitrogens with one attached hydrogen (secondary N) is 1. The Labute approximate surface area is 228 Å². The van der Waals surface area contributed by atoms with Gasteiger partial charge in [-0.3, -0.25) is 4.57 Å². The SMILES string of the molecule is CCOP(=O)(OCC)C(Nc1ncc(-c2ccccc2)nc1Cc1ccccc1)C(=O)OCc1ccccc1. The van der Waals surface area contributed by atoms with Crippen LogP contribution in [0.2, 0.25) is 0 Å². The highest BCUT2D eigenvalue weighted by Crippen LogP contribution is 2.53. The summed E-state index contributed by atoms with van der Waals surface area (Å²) in [5.41, 5.74) is 3.94. The Bertz CT molecular complexity index is 1380. The van der Waals surface area contributed by atoms with E-state index >= 15 is 0 Å². The van der Waals surface area contributed by atoms with Crippen LogP contribution in [0.15, 0.2) is 97.2 Å². The minimum Gasteiger partial charge on any atom is -0.459 e. The fourth-order valence-corrected chi connectivity index (χ4v) is 5.66. The first-order valence-electron chi connectivity index (χ1n) is 12.8. The molecule has 3 aromatic carbocycles. The number of anilines is 1. The van der Waals surface area contributed by atoms with Gasteiger partial charge in [0.25, 0.3) is 0 Å². The van der Waals surface area contributed by atoms with Gasteiger partial charge in [0.2, 0.25) is 5.78 Å². The quantitative estimate of drug-likeness (QED) is 0.151. The van der Waals surface area contributed by atoms with Gasteiger partial charge in [0.15, 0.2) is 0 Å². The largest absolute Gasteiger partial charge is 0.459 e. The van der Waals surface area contributed by atoms with Crippen LogP contribution < -0.4 is 5.32 Å². The smallest absolute Gasteiger partial charge is 0.364 e. The Kier molecular flexibility index (Phi) is 9.97. The first-order chi connectivity index (χ1) is 19.0. The van der Waals surface area contributed by atoms with Gasteiger partial charge in [-0.2, -0.15) is 0 Å². The molecule has 1 aromatic heterocycles. The van der Waals surface area contributed by atoms with Crippen molar-refractivity contribution in [3.05, 3.63) is 114 Å². The van der Waals surface area contributed by atoms with E-state index in [4.69, 9.17) is 18.8 Å². The lowest BCUT2D eigenvalue weighted by Crippen LogP contribution is -2.34. The van der Waals surface area contributed by atoms with Crippen molar-refractivity contribution in [2.24, 2.45) is 0 Å². The number of nitrogens with zero attached hydrogens (tertiary/aromatic N) is 2. The molecule has 1 atom stereocenters. The second-order valence-corrected chi connectivity index (χ2v) is 10.7. The molecule has 4 aromatic rings. The molecular formula is C30H32N3O5P. The maximum atomic E-state index is 13.9. The molecule has 1 unspecified atom stereocenters. The summed E-state index contributed by atoms with van der Waals surface area (Å²) in [6.07, 6.45) is 2.04. The van der Waals surface area contributed by atoms with Crippen molar-refractivity contribution in [1.29, 1.82) is 0 Å². The van der Waals surface area contributed by atoms with Crippen molar-refractivity contribution in [3.63, 3.8) is 0 Å². The normalized spacial score (nSPS) is 12.1. The molecule has 9 heteroatoms. The molecule has 0 aliphatic rings. The molecular weight excluding hydrogens is 513 g/mol. The Morgan fingerprint density at radius 1 is 0.846 bits per heavy atom. The van der Waals surface area contributed by atoms with Crippen molar-refractivity contribution in [3.8, 4) is 11.3 Å². The Balaban J connectivity index is 1.70. The third-order valence-corrected chi connectivity index (χ3v) is 7.99. The summed E-state index contributed by atoms with van der Waals surface area (Å²) in [4.78, 5) is 22.9. The van der Waals surface area contributed by atoms with Crippen LogP contribution in [-0.4, -0.2) is 34.9 Å². The Morgan fingerprint density at radius 3 is 2.00 bits per heavy atom. The average Bonchev–Trinajstić information content (AvgIpc) is 2.97. The Hall–Kier alpha value is -3.84. The van der Waals surface area contributed by atoms with Gasteiger partial charge in [0, 0.05) is 12.0 Å². The third kappa shape index (κ3) is 7.60. The molecule has 0 fully saturated rings. The van der Waals surface area contributed by atoms with E-state index < -0.39 is 19.3 Å². The fourth-order valence-electron chi connectivity index (χ4n) is 3.96. The first kappa shape index (κ1) is 28.2. The van der Waals surface area contributed by atoms with Crippen LogP contribution in [0, 0.1) is 0 Å². The molecule has 1 heterocycles. The third-order valence-electron chi connectivity index (χ3n) is 5.78. The number of hydrogen-bond donors (Lipinski definition) is 1. The molecule has 39 heavy (non-hydrogen) atoms. The molecule has 0 saturated heterocycles. The van der Waals surface area contributed by atoms with E-state index in [2.05, 4.69) is 10.3 Å². The van der Waals surface area contributed by atoms with E-state index in [1.54, 1.807) is 20.0 Å². The Morgan fingerprint density at radius 2 is 1.41 bits per heavy atom. The second kappa shape index (κ2) is 13.8. The van der Waals surface area contributed by atoms with Crippen molar-refractivity contribution < 1.29 is 23.1 Å². The van der Waals surface area contributed by atoms with E-state index in [1.807, 2.05) is 91.0 Å². The molecule has 8 nitrogen and oxygen atoms in total. The molecule has 0 radical (unpaired) electrons. The van der Waals surface area contributed by atoms with Crippen molar-refractivity contribution >= 4 is 19.4 Å². The van der Waals surface area contributed by atoms with Crippen LogP contribution in [0.4, 0.5) is 5.82 Å². The van der Waals surface area contributed by atoms with E-state index in [0.29, 0.717) is 23.6 Å². The molecule has 4 rings (SSSR count). The summed E-state index contributed by atoms with van der Waals surface area (Å²) >= 11 is 0. The summed E-state index contributed by atoms with van der Waals surface area (Å²) in [5.74, 6) is -1.93. The molecule has 0 spiro atoms. The number of rotatable bonds is 13. The fraction of sp³-hybridized carbons (Fsp3) is 0.233. The van der Waals surface area contributed by atoms with Crippen LogP contribution >= 0.6 is 7.60 Å². The number of carbonyl (C=O) groups excluding carboxylic acids is 1. The van der Waals surface area contributed by atoms with E-state index in [-0.39, 0.29) is 19.8 Å². The number of aromatic nitrogens is 2. The molecule has 0 amide bonds. The van der Waals surface area contributed by atoms with Crippen molar-refractivity contribution in [2.75, 3.05) is 18.5 Å². The number of esters is 1. The van der Waals surface area contributed by atoms with Crippen LogP contribution in [0.5, 0.6) is 0 Å². The summed E-state index contributed by atoms with van der Waals surface area (Å²) in [5, 5.41) is 3.03. The van der Waals surface area contributed by atoms with Gasteiger partial charge in [0.05, 0.1) is 30.8 Å². The lowest BCUT2D eigenvalue weighted by Gasteiger charge is -2.26. The first-order valence-corrected chi connectivity index (χ1v) is 14.4. The topological polar surface area (TPSA) is 99.6 Å². The van der Waals surface area contributed by atoms with Gasteiger partial charge in [0.1, 0.15) is 12.4 Å². The molecule has 0 saturated carbocycles. The number of carbonyl (C=O) groups is 1. The van der Waals surface area contributed by atoms with E-state index in [9.17, 15) is 9.36 Å². The minimum atomic E-state index is -4.00. The monoisotopic (exact) mass is 545 g/mol. The van der Waals surface area contributed by atoms with Gasteiger partial charge in [-0.1, -0.05) is 91.0 Å². The highest BCUT2D eigenvalue weighted by molar-refractivity contribution is 7.55. The zero-order valence-corrected chi connectivity index (χ0v) is 22.9. The van der Waals surface area contributed by atoms with Crippen molar-refractivity contribution in [2.45, 2.75) is 32.7 Å². The molecule has 1 N–H and O–H groups in total. The molecule has 0 aliphatic heterocycles. The van der Waals surface area contributed by atoms with Gasteiger partial charge in [-0.15, -0.1) is 0 Å². The predicted molar refractivity (Wildman–Crippen MR) is 151 cm³/mol. The van der Waals surface area contributed by atoms with Crippen LogP contribution in [0.3, 0.4) is 0 Å². The zero-order chi connectivity index (χ0) is 27.5. The lowest BCUT2D eigenvalue weighted by atomic mass is 10.1. The van der Waals surface area contributed by atoms with Gasteiger partial charge in [-0.05, 0) is 25.0 Å². The zero-order valence-electron chi connectivity index (χ0n) is 22.0. The van der Waals surface area contributed by atoms with Crippen molar-refractivity contribution in [1.82, 2.24) is 9.97 Å². The van der Waals surface area contributed by atoms with Crippen LogP contribution in [-0.2, 0) is 36.2 Å². The van der Waals surface area contributed by atoms with E-state index in [0.717, 1.165) is 16.7 Å². The van der Waals surface area contributed by atoms with Crippen LogP contribution in [0.1, 0.15) is 30.7 Å². The molecule has 0 aliphatic carbocycles. The molecule has 202 valence electrons. The van der Waals surface area contributed by atoms with Gasteiger partial charge in [-0.25, -0.2) is 14.8 Å².